The maximum atomic E-state index is 11.5. The first-order valence-corrected chi connectivity index (χ1v) is 19.0. The standard InChI is InChI=1S/C44H64O3/c1-3-5-7-9-10-11-12-13-14-15-16-17-18-28-36-42(45)43(46-37-29-8-6-4-2)38-47-44(39-30-22-19-23-31-39,40-32-24-20-25-33-40)41-34-26-21-27-35-41/h6,8,19-27,30-35,42-43,45H,3-5,7,9-18,28-29,36-38H2,1-2H3. The zero-order valence-corrected chi connectivity index (χ0v) is 29.7. The van der Waals surface area contributed by atoms with E-state index in [1.54, 1.807) is 0 Å². The first kappa shape index (κ1) is 38.7. The number of hydrogen-bond acceptors (Lipinski definition) is 3. The summed E-state index contributed by atoms with van der Waals surface area (Å²) in [5.41, 5.74) is 2.35. The monoisotopic (exact) mass is 640 g/mol. The van der Waals surface area contributed by atoms with Crippen molar-refractivity contribution in [1.82, 2.24) is 0 Å². The molecule has 0 aliphatic rings. The van der Waals surface area contributed by atoms with Gasteiger partial charge in [-0.25, -0.2) is 0 Å². The number of aliphatic hydroxyl groups is 1. The summed E-state index contributed by atoms with van der Waals surface area (Å²) in [5.74, 6) is 0. The van der Waals surface area contributed by atoms with Crippen LogP contribution in [0.3, 0.4) is 0 Å². The van der Waals surface area contributed by atoms with E-state index in [1.807, 2.05) is 18.2 Å². The number of rotatable bonds is 27. The normalized spacial score (nSPS) is 13.3. The average molecular weight is 641 g/mol. The smallest absolute Gasteiger partial charge is 0.143 e. The molecule has 0 heterocycles. The van der Waals surface area contributed by atoms with Crippen LogP contribution in [0.1, 0.15) is 140 Å². The van der Waals surface area contributed by atoms with Crippen molar-refractivity contribution in [3.05, 3.63) is 120 Å². The molecule has 1 N–H and O–H groups in total. The molecule has 0 amide bonds. The van der Waals surface area contributed by atoms with Gasteiger partial charge in [0.1, 0.15) is 11.7 Å². The predicted octanol–water partition coefficient (Wildman–Crippen LogP) is 12.0. The Morgan fingerprint density at radius 1 is 0.574 bits per heavy atom. The summed E-state index contributed by atoms with van der Waals surface area (Å²) in [4.78, 5) is 0. The molecule has 2 unspecified atom stereocenters. The zero-order chi connectivity index (χ0) is 33.3. The van der Waals surface area contributed by atoms with Gasteiger partial charge < -0.3 is 14.6 Å². The van der Waals surface area contributed by atoms with Gasteiger partial charge in [-0.3, -0.25) is 0 Å². The Bertz CT molecular complexity index is 1060. The summed E-state index contributed by atoms with van der Waals surface area (Å²) in [6, 6.07) is 31.3. The first-order chi connectivity index (χ1) is 23.2. The van der Waals surface area contributed by atoms with E-state index in [4.69, 9.17) is 9.47 Å². The summed E-state index contributed by atoms with van der Waals surface area (Å²) in [6.07, 6.45) is 24.5. The van der Waals surface area contributed by atoms with Gasteiger partial charge in [-0.15, -0.1) is 0 Å². The SMILES string of the molecule is CCC=CCCOC(COC(c1ccccc1)(c1ccccc1)c1ccccc1)C(O)CCCCCCCCCCCCCCCC. The van der Waals surface area contributed by atoms with Crippen molar-refractivity contribution < 1.29 is 14.6 Å². The first-order valence-electron chi connectivity index (χ1n) is 19.0. The Kier molecular flexibility index (Phi) is 20.1. The highest BCUT2D eigenvalue weighted by molar-refractivity contribution is 5.47. The molecule has 0 saturated heterocycles. The second kappa shape index (κ2) is 24.4. The van der Waals surface area contributed by atoms with Crippen LogP contribution < -0.4 is 0 Å². The van der Waals surface area contributed by atoms with Gasteiger partial charge in [0.25, 0.3) is 0 Å². The van der Waals surface area contributed by atoms with E-state index < -0.39 is 17.8 Å². The number of hydrogen-bond donors (Lipinski definition) is 1. The molecule has 0 aromatic heterocycles. The Morgan fingerprint density at radius 2 is 1.00 bits per heavy atom. The van der Waals surface area contributed by atoms with Crippen LogP contribution >= 0.6 is 0 Å². The molecule has 3 aromatic rings. The Morgan fingerprint density at radius 3 is 1.43 bits per heavy atom. The van der Waals surface area contributed by atoms with E-state index in [0.29, 0.717) is 6.61 Å². The van der Waals surface area contributed by atoms with Crippen LogP contribution in [0.4, 0.5) is 0 Å². The van der Waals surface area contributed by atoms with Crippen molar-refractivity contribution in [2.45, 2.75) is 141 Å². The summed E-state index contributed by atoms with van der Waals surface area (Å²) < 4.78 is 13.5. The van der Waals surface area contributed by atoms with Crippen LogP contribution in [0, 0.1) is 0 Å². The van der Waals surface area contributed by atoms with Crippen molar-refractivity contribution in [2.24, 2.45) is 0 Å². The number of ether oxygens (including phenoxy) is 2. The molecule has 258 valence electrons. The third-order valence-electron chi connectivity index (χ3n) is 9.31. The van der Waals surface area contributed by atoms with Crippen LogP contribution in [0.25, 0.3) is 0 Å². The molecule has 2 atom stereocenters. The highest BCUT2D eigenvalue weighted by Crippen LogP contribution is 2.40. The Labute approximate surface area is 287 Å². The molecule has 0 saturated carbocycles. The van der Waals surface area contributed by atoms with Gasteiger partial charge in [0.15, 0.2) is 0 Å². The quantitative estimate of drug-likeness (QED) is 0.0512. The van der Waals surface area contributed by atoms with Crippen molar-refractivity contribution >= 4 is 0 Å². The fraction of sp³-hybridized carbons (Fsp3) is 0.545. The molecule has 3 aromatic carbocycles. The minimum atomic E-state index is -0.831. The third kappa shape index (κ3) is 14.1. The molecule has 0 bridgehead atoms. The van der Waals surface area contributed by atoms with Crippen molar-refractivity contribution in [1.29, 1.82) is 0 Å². The van der Waals surface area contributed by atoms with Gasteiger partial charge in [0, 0.05) is 0 Å². The van der Waals surface area contributed by atoms with E-state index in [1.165, 1.54) is 77.0 Å². The number of aliphatic hydroxyl groups excluding tert-OH is 1. The molecule has 47 heavy (non-hydrogen) atoms. The molecule has 0 radical (unpaired) electrons. The minimum Gasteiger partial charge on any atom is -0.390 e. The number of allylic oxidation sites excluding steroid dienone is 1. The lowest BCUT2D eigenvalue weighted by Gasteiger charge is -2.37. The lowest BCUT2D eigenvalue weighted by Crippen LogP contribution is -2.40. The zero-order valence-electron chi connectivity index (χ0n) is 29.7. The molecule has 0 aliphatic carbocycles. The van der Waals surface area contributed by atoms with Gasteiger partial charge in [-0.2, -0.15) is 0 Å². The predicted molar refractivity (Wildman–Crippen MR) is 200 cm³/mol. The Hall–Kier alpha value is -2.72. The second-order valence-corrected chi connectivity index (χ2v) is 13.1. The van der Waals surface area contributed by atoms with Gasteiger partial charge >= 0.3 is 0 Å². The number of benzene rings is 3. The van der Waals surface area contributed by atoms with Crippen LogP contribution in [-0.4, -0.2) is 30.5 Å². The van der Waals surface area contributed by atoms with Crippen LogP contribution in [0.2, 0.25) is 0 Å². The molecular weight excluding hydrogens is 576 g/mol. The molecule has 0 fully saturated rings. The molecule has 3 heteroatoms. The molecule has 3 rings (SSSR count). The summed E-state index contributed by atoms with van der Waals surface area (Å²) >= 11 is 0. The molecule has 0 spiro atoms. The number of unbranched alkanes of at least 4 members (excludes halogenated alkanes) is 13. The lowest BCUT2D eigenvalue weighted by molar-refractivity contribution is -0.108. The van der Waals surface area contributed by atoms with E-state index in [0.717, 1.165) is 48.8 Å². The van der Waals surface area contributed by atoms with Crippen molar-refractivity contribution in [2.75, 3.05) is 13.2 Å². The van der Waals surface area contributed by atoms with Gasteiger partial charge in [0.05, 0.1) is 19.3 Å². The van der Waals surface area contributed by atoms with Gasteiger partial charge in [-0.1, -0.05) is 207 Å². The highest BCUT2D eigenvalue weighted by atomic mass is 16.6. The van der Waals surface area contributed by atoms with Crippen LogP contribution in [-0.2, 0) is 15.1 Å². The highest BCUT2D eigenvalue weighted by Gasteiger charge is 2.39. The molecule has 0 aliphatic heterocycles. The molecular formula is C44H64O3. The van der Waals surface area contributed by atoms with E-state index in [9.17, 15) is 5.11 Å². The van der Waals surface area contributed by atoms with Crippen molar-refractivity contribution in [3.8, 4) is 0 Å². The summed E-state index contributed by atoms with van der Waals surface area (Å²) in [5, 5.41) is 11.5. The van der Waals surface area contributed by atoms with Gasteiger partial charge in [0.2, 0.25) is 0 Å². The minimum absolute atomic E-state index is 0.288. The molecule has 3 nitrogen and oxygen atoms in total. The average Bonchev–Trinajstić information content (AvgIpc) is 3.12. The second-order valence-electron chi connectivity index (χ2n) is 13.1. The van der Waals surface area contributed by atoms with E-state index >= 15 is 0 Å². The van der Waals surface area contributed by atoms with Gasteiger partial charge in [-0.05, 0) is 36.0 Å². The maximum Gasteiger partial charge on any atom is 0.143 e. The van der Waals surface area contributed by atoms with Crippen molar-refractivity contribution in [3.63, 3.8) is 0 Å². The van der Waals surface area contributed by atoms with Crippen LogP contribution in [0.15, 0.2) is 103 Å². The summed E-state index contributed by atoms with van der Waals surface area (Å²) in [7, 11) is 0. The fourth-order valence-electron chi connectivity index (χ4n) is 6.55. The van der Waals surface area contributed by atoms with E-state index in [-0.39, 0.29) is 6.61 Å². The topological polar surface area (TPSA) is 38.7 Å². The summed E-state index contributed by atoms with van der Waals surface area (Å²) in [6.45, 7) is 5.28. The maximum absolute atomic E-state index is 11.5. The Balaban J connectivity index is 1.58. The largest absolute Gasteiger partial charge is 0.390 e. The third-order valence-corrected chi connectivity index (χ3v) is 9.31. The van der Waals surface area contributed by atoms with Crippen LogP contribution in [0.5, 0.6) is 0 Å². The van der Waals surface area contributed by atoms with E-state index in [2.05, 4.69) is 98.8 Å². The fourth-order valence-corrected chi connectivity index (χ4v) is 6.55. The lowest BCUT2D eigenvalue weighted by atomic mass is 9.80.